The van der Waals surface area contributed by atoms with Gasteiger partial charge in [0.1, 0.15) is 11.5 Å². The largest absolute Gasteiger partial charge is 0.457 e. The Morgan fingerprint density at radius 2 is 1.76 bits per heavy atom. The molecule has 4 heteroatoms. The highest BCUT2D eigenvalue weighted by Gasteiger charge is 2.50. The van der Waals surface area contributed by atoms with Gasteiger partial charge < -0.3 is 4.74 Å². The molecule has 0 saturated carbocycles. The minimum atomic E-state index is -0.246. The second-order valence-electron chi connectivity index (χ2n) is 8.46. The van der Waals surface area contributed by atoms with Crippen LogP contribution in [0.4, 0.5) is 5.69 Å². The van der Waals surface area contributed by atoms with E-state index in [9.17, 15) is 9.59 Å². The molecule has 2 aliphatic rings. The fraction of sp³-hybridized carbons (Fsp3) is 0.360. The summed E-state index contributed by atoms with van der Waals surface area (Å²) in [6.07, 6.45) is 4.70. The van der Waals surface area contributed by atoms with Crippen molar-refractivity contribution in [1.82, 2.24) is 0 Å². The maximum atomic E-state index is 12.9. The van der Waals surface area contributed by atoms with E-state index in [0.717, 1.165) is 16.9 Å². The second-order valence-corrected chi connectivity index (χ2v) is 8.46. The van der Waals surface area contributed by atoms with Crippen LogP contribution in [0.3, 0.4) is 0 Å². The maximum Gasteiger partial charge on any atom is 0.238 e. The van der Waals surface area contributed by atoms with Crippen LogP contribution in [0, 0.1) is 24.7 Å². The number of aryl methyl sites for hydroxylation is 1. The zero-order chi connectivity index (χ0) is 20.7. The van der Waals surface area contributed by atoms with Crippen molar-refractivity contribution < 1.29 is 14.3 Å². The Hall–Kier alpha value is -2.88. The summed E-state index contributed by atoms with van der Waals surface area (Å²) in [6.45, 7) is 8.33. The Morgan fingerprint density at radius 3 is 2.41 bits per heavy atom. The van der Waals surface area contributed by atoms with Crippen LogP contribution in [0.25, 0.3) is 0 Å². The van der Waals surface area contributed by atoms with Crippen LogP contribution in [-0.2, 0) is 9.59 Å². The molecule has 0 spiro atoms. The van der Waals surface area contributed by atoms with Crippen LogP contribution in [0.2, 0.25) is 0 Å². The number of hydrogen-bond donors (Lipinski definition) is 0. The molecular formula is C25H27NO3. The average Bonchev–Trinajstić information content (AvgIpc) is 2.94. The van der Waals surface area contributed by atoms with Gasteiger partial charge in [-0.1, -0.05) is 45.1 Å². The zero-order valence-electron chi connectivity index (χ0n) is 17.4. The highest BCUT2D eigenvalue weighted by molar-refractivity contribution is 6.22. The number of imide groups is 1. The Bertz CT molecular complexity index is 974. The number of allylic oxidation sites excluding steroid dienone is 2. The van der Waals surface area contributed by atoms with Crippen molar-refractivity contribution in [1.29, 1.82) is 0 Å². The molecule has 150 valence electrons. The number of nitrogens with zero attached hydrogens (tertiary/aromatic N) is 1. The van der Waals surface area contributed by atoms with Gasteiger partial charge in [-0.3, -0.25) is 14.5 Å². The van der Waals surface area contributed by atoms with Gasteiger partial charge in [-0.25, -0.2) is 0 Å². The van der Waals surface area contributed by atoms with Crippen LogP contribution in [0.5, 0.6) is 11.5 Å². The molecule has 0 aromatic heterocycles. The summed E-state index contributed by atoms with van der Waals surface area (Å²) in [6, 6.07) is 13.5. The number of fused-ring (bicyclic) bond motifs is 1. The Morgan fingerprint density at radius 1 is 1.03 bits per heavy atom. The molecule has 29 heavy (non-hydrogen) atoms. The van der Waals surface area contributed by atoms with E-state index < -0.39 is 0 Å². The van der Waals surface area contributed by atoms with Crippen molar-refractivity contribution >= 4 is 17.5 Å². The van der Waals surface area contributed by atoms with Crippen molar-refractivity contribution in [2.75, 3.05) is 4.90 Å². The van der Waals surface area contributed by atoms with Gasteiger partial charge in [0.15, 0.2) is 0 Å². The molecule has 2 amide bonds. The SMILES string of the molecule is Cc1ccc(C(C)C)c(Oc2ccc(N3C(=O)[C@H]4[C@H](C)C=CC[C@H]4C3=O)cc2)c1. The summed E-state index contributed by atoms with van der Waals surface area (Å²) in [5, 5.41) is 0. The minimum Gasteiger partial charge on any atom is -0.457 e. The first-order chi connectivity index (χ1) is 13.9. The molecule has 1 aliphatic carbocycles. The normalized spacial score (nSPS) is 23.6. The highest BCUT2D eigenvalue weighted by Crippen LogP contribution is 2.41. The summed E-state index contributed by atoms with van der Waals surface area (Å²) in [5.74, 6) is 1.30. The molecule has 2 aromatic rings. The Kier molecular flexibility index (Phi) is 5.03. The van der Waals surface area contributed by atoms with Crippen molar-refractivity contribution in [3.8, 4) is 11.5 Å². The lowest BCUT2D eigenvalue weighted by Crippen LogP contribution is -2.31. The first-order valence-corrected chi connectivity index (χ1v) is 10.3. The van der Waals surface area contributed by atoms with Crippen LogP contribution < -0.4 is 9.64 Å². The molecule has 2 aromatic carbocycles. The number of carbonyl (C=O) groups is 2. The zero-order valence-corrected chi connectivity index (χ0v) is 17.4. The molecule has 1 saturated heterocycles. The van der Waals surface area contributed by atoms with Crippen LogP contribution in [0.15, 0.2) is 54.6 Å². The smallest absolute Gasteiger partial charge is 0.238 e. The van der Waals surface area contributed by atoms with Gasteiger partial charge in [0.05, 0.1) is 17.5 Å². The molecule has 0 bridgehead atoms. The number of anilines is 1. The highest BCUT2D eigenvalue weighted by atomic mass is 16.5. The molecule has 1 aliphatic heterocycles. The van der Waals surface area contributed by atoms with E-state index in [4.69, 9.17) is 4.74 Å². The quantitative estimate of drug-likeness (QED) is 0.504. The fourth-order valence-corrected chi connectivity index (χ4v) is 4.40. The average molecular weight is 389 g/mol. The second kappa shape index (κ2) is 7.51. The number of hydrogen-bond acceptors (Lipinski definition) is 3. The molecule has 0 unspecified atom stereocenters. The molecule has 0 N–H and O–H groups in total. The monoisotopic (exact) mass is 389 g/mol. The lowest BCUT2D eigenvalue weighted by Gasteiger charge is -2.22. The fourth-order valence-electron chi connectivity index (χ4n) is 4.40. The van der Waals surface area contributed by atoms with Gasteiger partial charge in [-0.05, 0) is 66.6 Å². The first kappa shape index (κ1) is 19.4. The number of benzene rings is 2. The third kappa shape index (κ3) is 3.48. The predicted octanol–water partition coefficient (Wildman–Crippen LogP) is 5.61. The summed E-state index contributed by atoms with van der Waals surface area (Å²) in [7, 11) is 0. The number of amides is 2. The van der Waals surface area contributed by atoms with E-state index in [1.165, 1.54) is 4.90 Å². The topological polar surface area (TPSA) is 46.6 Å². The van der Waals surface area contributed by atoms with E-state index in [0.29, 0.717) is 23.8 Å². The molecule has 3 atom stereocenters. The number of rotatable bonds is 4. The number of carbonyl (C=O) groups excluding carboxylic acids is 2. The van der Waals surface area contributed by atoms with Crippen molar-refractivity contribution in [3.05, 3.63) is 65.7 Å². The van der Waals surface area contributed by atoms with Gasteiger partial charge in [0.25, 0.3) is 0 Å². The Labute approximate surface area is 172 Å². The third-order valence-corrected chi connectivity index (χ3v) is 5.99. The lowest BCUT2D eigenvalue weighted by atomic mass is 9.78. The van der Waals surface area contributed by atoms with Gasteiger partial charge in [-0.15, -0.1) is 0 Å². The predicted molar refractivity (Wildman–Crippen MR) is 114 cm³/mol. The third-order valence-electron chi connectivity index (χ3n) is 5.99. The molecule has 1 fully saturated rings. The first-order valence-electron chi connectivity index (χ1n) is 10.3. The summed E-state index contributed by atoms with van der Waals surface area (Å²) in [4.78, 5) is 27.2. The minimum absolute atomic E-state index is 0.0913. The van der Waals surface area contributed by atoms with Crippen LogP contribution >= 0.6 is 0 Å². The summed E-state index contributed by atoms with van der Waals surface area (Å²) < 4.78 is 6.14. The molecule has 0 radical (unpaired) electrons. The molecule has 4 rings (SSSR count). The van der Waals surface area contributed by atoms with E-state index in [1.54, 1.807) is 12.1 Å². The molecule has 1 heterocycles. The van der Waals surface area contributed by atoms with E-state index in [1.807, 2.05) is 44.2 Å². The van der Waals surface area contributed by atoms with Gasteiger partial charge in [0, 0.05) is 0 Å². The van der Waals surface area contributed by atoms with Crippen molar-refractivity contribution in [2.24, 2.45) is 17.8 Å². The number of ether oxygens (including phenoxy) is 1. The Balaban J connectivity index is 1.57. The summed E-state index contributed by atoms with van der Waals surface area (Å²) in [5.41, 5.74) is 2.90. The summed E-state index contributed by atoms with van der Waals surface area (Å²) >= 11 is 0. The van der Waals surface area contributed by atoms with Crippen molar-refractivity contribution in [2.45, 2.75) is 40.0 Å². The standard InChI is InChI=1S/C25H27NO3/c1-15(2)20-13-8-16(3)14-22(20)29-19-11-9-18(10-12-19)26-24(27)21-7-5-6-17(4)23(21)25(26)28/h5-6,8-15,17,21,23H,7H2,1-4H3/t17-,21-,23+/m1/s1. The molecule has 4 nitrogen and oxygen atoms in total. The van der Waals surface area contributed by atoms with E-state index in [2.05, 4.69) is 26.0 Å². The van der Waals surface area contributed by atoms with Crippen LogP contribution in [0.1, 0.15) is 44.2 Å². The maximum absolute atomic E-state index is 12.9. The van der Waals surface area contributed by atoms with Crippen LogP contribution in [-0.4, -0.2) is 11.8 Å². The van der Waals surface area contributed by atoms with E-state index in [-0.39, 0.29) is 29.6 Å². The van der Waals surface area contributed by atoms with Gasteiger partial charge in [-0.2, -0.15) is 0 Å². The van der Waals surface area contributed by atoms with Gasteiger partial charge >= 0.3 is 0 Å². The lowest BCUT2D eigenvalue weighted by molar-refractivity contribution is -0.122. The molecular weight excluding hydrogens is 362 g/mol. The van der Waals surface area contributed by atoms with Crippen molar-refractivity contribution in [3.63, 3.8) is 0 Å². The van der Waals surface area contributed by atoms with E-state index >= 15 is 0 Å². The van der Waals surface area contributed by atoms with Gasteiger partial charge in [0.2, 0.25) is 11.8 Å².